The number of hydrogen-bond acceptors (Lipinski definition) is 4. The number of aryl methyl sites for hydroxylation is 2. The van der Waals surface area contributed by atoms with Crippen molar-refractivity contribution in [1.29, 1.82) is 0 Å². The van der Waals surface area contributed by atoms with Gasteiger partial charge in [0.05, 0.1) is 5.69 Å². The number of halogens is 1. The van der Waals surface area contributed by atoms with E-state index < -0.39 is 12.0 Å². The van der Waals surface area contributed by atoms with E-state index in [4.69, 9.17) is 4.84 Å². The largest absolute Gasteiger partial charge is 0.381 e. The number of oxime groups is 1. The van der Waals surface area contributed by atoms with Crippen molar-refractivity contribution in [1.82, 2.24) is 0 Å². The van der Waals surface area contributed by atoms with Gasteiger partial charge in [0.15, 0.2) is 0 Å². The fourth-order valence-electron chi connectivity index (χ4n) is 3.33. The summed E-state index contributed by atoms with van der Waals surface area (Å²) in [5.41, 5.74) is 3.84. The predicted molar refractivity (Wildman–Crippen MR) is 97.5 cm³/mol. The Balaban J connectivity index is 1.72. The molecule has 0 bridgehead atoms. The van der Waals surface area contributed by atoms with Gasteiger partial charge in [0.25, 0.3) is 5.91 Å². The molecule has 0 N–H and O–H groups in total. The highest BCUT2D eigenvalue weighted by molar-refractivity contribution is 9.10. The Bertz CT molecular complexity index is 921. The van der Waals surface area contributed by atoms with Crippen LogP contribution in [0.3, 0.4) is 0 Å². The maximum Gasteiger partial charge on any atom is 0.278 e. The summed E-state index contributed by atoms with van der Waals surface area (Å²) in [6.07, 6.45) is -0.883. The lowest BCUT2D eigenvalue weighted by Gasteiger charge is -2.18. The number of fused-ring (bicyclic) bond motifs is 1. The monoisotopic (exact) mass is 398 g/mol. The van der Waals surface area contributed by atoms with Crippen molar-refractivity contribution in [3.05, 3.63) is 63.6 Å². The summed E-state index contributed by atoms with van der Waals surface area (Å²) in [5.74, 6) is -1.35. The number of imide groups is 1. The van der Waals surface area contributed by atoms with Gasteiger partial charge >= 0.3 is 0 Å². The van der Waals surface area contributed by atoms with Crippen molar-refractivity contribution in [3.63, 3.8) is 0 Å². The molecular formula is C19H15BrN2O3. The molecule has 126 valence electrons. The van der Waals surface area contributed by atoms with Crippen LogP contribution in [0.2, 0.25) is 0 Å². The van der Waals surface area contributed by atoms with Crippen LogP contribution in [0.15, 0.2) is 52.1 Å². The van der Waals surface area contributed by atoms with Crippen LogP contribution < -0.4 is 4.90 Å². The Morgan fingerprint density at radius 1 is 1.04 bits per heavy atom. The summed E-state index contributed by atoms with van der Waals surface area (Å²) in [4.78, 5) is 32.4. The van der Waals surface area contributed by atoms with Crippen molar-refractivity contribution in [2.75, 3.05) is 4.90 Å². The Labute approximate surface area is 153 Å². The highest BCUT2D eigenvalue weighted by Crippen LogP contribution is 2.36. The molecule has 1 saturated heterocycles. The van der Waals surface area contributed by atoms with Gasteiger partial charge in [0.2, 0.25) is 12.0 Å². The van der Waals surface area contributed by atoms with Crippen LogP contribution in [0.1, 0.15) is 16.7 Å². The van der Waals surface area contributed by atoms with Gasteiger partial charge in [-0.05, 0) is 37.6 Å². The molecule has 2 aromatic carbocycles. The maximum absolute atomic E-state index is 13.0. The lowest BCUT2D eigenvalue weighted by Crippen LogP contribution is -2.33. The smallest absolute Gasteiger partial charge is 0.278 e. The highest BCUT2D eigenvalue weighted by atomic mass is 79.9. The number of carbonyl (C=O) groups excluding carboxylic acids is 2. The van der Waals surface area contributed by atoms with Crippen LogP contribution >= 0.6 is 15.9 Å². The topological polar surface area (TPSA) is 59.0 Å². The molecule has 0 spiro atoms. The summed E-state index contributed by atoms with van der Waals surface area (Å²) in [6, 6.07) is 13.1. The maximum atomic E-state index is 13.0. The van der Waals surface area contributed by atoms with Crippen LogP contribution in [-0.2, 0) is 14.4 Å². The molecule has 2 amide bonds. The number of benzene rings is 2. The number of nitrogens with zero attached hydrogens (tertiary/aromatic N) is 2. The van der Waals surface area contributed by atoms with Crippen LogP contribution in [0.25, 0.3) is 0 Å². The number of rotatable bonds is 2. The molecule has 0 saturated carbocycles. The summed E-state index contributed by atoms with van der Waals surface area (Å²) in [7, 11) is 0. The fraction of sp³-hybridized carbons (Fsp3) is 0.211. The molecule has 25 heavy (non-hydrogen) atoms. The normalized spacial score (nSPS) is 22.0. The minimum absolute atomic E-state index is 0.291. The van der Waals surface area contributed by atoms with E-state index >= 15 is 0 Å². The van der Waals surface area contributed by atoms with E-state index in [-0.39, 0.29) is 11.8 Å². The Hall–Kier alpha value is -2.47. The van der Waals surface area contributed by atoms with Gasteiger partial charge in [-0.2, -0.15) is 0 Å². The first-order valence-electron chi connectivity index (χ1n) is 7.92. The molecule has 2 aliphatic rings. The molecule has 4 rings (SSSR count). The first-order valence-corrected chi connectivity index (χ1v) is 8.71. The highest BCUT2D eigenvalue weighted by Gasteiger charge is 2.56. The standard InChI is InChI=1S/C19H15BrN2O3/c1-10-3-8-14(11(2)9-10)22-18(23)15-16(21-25-17(15)19(22)24)12-4-6-13(20)7-5-12/h3-9,15,17H,1-2H3/t15-,17+/m1/s1. The van der Waals surface area contributed by atoms with Crippen molar-refractivity contribution < 1.29 is 14.4 Å². The quantitative estimate of drug-likeness (QED) is 0.728. The van der Waals surface area contributed by atoms with Crippen LogP contribution in [0, 0.1) is 19.8 Å². The first-order chi connectivity index (χ1) is 12.0. The van der Waals surface area contributed by atoms with E-state index in [2.05, 4.69) is 21.1 Å². The van der Waals surface area contributed by atoms with Crippen molar-refractivity contribution in [2.24, 2.45) is 11.1 Å². The molecule has 2 aromatic rings. The molecule has 0 aromatic heterocycles. The zero-order chi connectivity index (χ0) is 17.7. The van der Waals surface area contributed by atoms with E-state index in [9.17, 15) is 9.59 Å². The minimum Gasteiger partial charge on any atom is -0.381 e. The average molecular weight is 399 g/mol. The van der Waals surface area contributed by atoms with Gasteiger partial charge in [-0.25, -0.2) is 4.90 Å². The number of carbonyl (C=O) groups is 2. The van der Waals surface area contributed by atoms with Crippen molar-refractivity contribution >= 4 is 39.1 Å². The van der Waals surface area contributed by atoms with E-state index in [1.54, 1.807) is 6.07 Å². The van der Waals surface area contributed by atoms with Gasteiger partial charge in [0.1, 0.15) is 11.6 Å². The molecule has 1 fully saturated rings. The number of amides is 2. The molecule has 5 nitrogen and oxygen atoms in total. The molecule has 2 heterocycles. The van der Waals surface area contributed by atoms with Gasteiger partial charge in [0, 0.05) is 10.0 Å². The lowest BCUT2D eigenvalue weighted by molar-refractivity contribution is -0.126. The minimum atomic E-state index is -0.883. The van der Waals surface area contributed by atoms with Gasteiger partial charge < -0.3 is 4.84 Å². The fourth-order valence-corrected chi connectivity index (χ4v) is 3.59. The molecule has 0 radical (unpaired) electrons. The summed E-state index contributed by atoms with van der Waals surface area (Å²) in [5, 5.41) is 4.02. The summed E-state index contributed by atoms with van der Waals surface area (Å²) in [6.45, 7) is 3.86. The van der Waals surface area contributed by atoms with Crippen molar-refractivity contribution in [2.45, 2.75) is 20.0 Å². The van der Waals surface area contributed by atoms with Crippen LogP contribution in [0.4, 0.5) is 5.69 Å². The van der Waals surface area contributed by atoms with Crippen molar-refractivity contribution in [3.8, 4) is 0 Å². The van der Waals surface area contributed by atoms with E-state index in [1.807, 2.05) is 50.2 Å². The van der Waals surface area contributed by atoms with Crippen LogP contribution in [0.5, 0.6) is 0 Å². The summed E-state index contributed by atoms with van der Waals surface area (Å²) < 4.78 is 0.929. The van der Waals surface area contributed by atoms with Gasteiger partial charge in [-0.1, -0.05) is 50.9 Å². The molecule has 0 unspecified atom stereocenters. The molecule has 2 aliphatic heterocycles. The van der Waals surface area contributed by atoms with Gasteiger partial charge in [-0.3, -0.25) is 9.59 Å². The average Bonchev–Trinajstić information content (AvgIpc) is 3.11. The zero-order valence-corrected chi connectivity index (χ0v) is 15.3. The summed E-state index contributed by atoms with van der Waals surface area (Å²) >= 11 is 3.39. The Morgan fingerprint density at radius 3 is 2.44 bits per heavy atom. The van der Waals surface area contributed by atoms with Crippen LogP contribution in [-0.4, -0.2) is 23.6 Å². The predicted octanol–water partition coefficient (Wildman–Crippen LogP) is 3.36. The van der Waals surface area contributed by atoms with Gasteiger partial charge in [-0.15, -0.1) is 0 Å². The molecule has 2 atom stereocenters. The second-order valence-corrected chi connectivity index (χ2v) is 7.20. The Kier molecular flexibility index (Phi) is 3.72. The first kappa shape index (κ1) is 16.0. The molecule has 0 aliphatic carbocycles. The molecular weight excluding hydrogens is 384 g/mol. The zero-order valence-electron chi connectivity index (χ0n) is 13.7. The number of anilines is 1. The third kappa shape index (κ3) is 2.48. The Morgan fingerprint density at radius 2 is 1.76 bits per heavy atom. The van der Waals surface area contributed by atoms with E-state index in [0.717, 1.165) is 21.2 Å². The van der Waals surface area contributed by atoms with E-state index in [1.165, 1.54) is 4.90 Å². The third-order valence-corrected chi connectivity index (χ3v) is 5.07. The molecule has 6 heteroatoms. The van der Waals surface area contributed by atoms with E-state index in [0.29, 0.717) is 11.4 Å². The lowest BCUT2D eigenvalue weighted by atomic mass is 9.94. The second-order valence-electron chi connectivity index (χ2n) is 6.29. The SMILES string of the molecule is Cc1ccc(N2C(=O)[C@@H]3C(c4ccc(Br)cc4)=NO[C@@H]3C2=O)c(C)c1. The third-order valence-electron chi connectivity index (χ3n) is 4.55. The number of hydrogen-bond donors (Lipinski definition) is 0. The second kappa shape index (κ2) is 5.81.